The van der Waals surface area contributed by atoms with Crippen LogP contribution in [-0.2, 0) is 5.41 Å². The van der Waals surface area contributed by atoms with Crippen molar-refractivity contribution in [3.05, 3.63) is 210 Å². The molecule has 11 rings (SSSR count). The fourth-order valence-corrected chi connectivity index (χ4v) is 8.71. The fourth-order valence-electron chi connectivity index (χ4n) is 8.71. The standard InChI is InChI=1S/C50H31N3O/c1-5-18-33(19-6-1)47-51-48(34-20-7-2-8-21-34)53-49(52-47)39-31-41-45(44-38-27-15-16-28-42(38)54-46(39)44)43-37-26-14-13-17-32(37)29-30-40(43)50(41,35-22-9-3-10-23-35)36-24-11-4-12-25-36/h1-31H. The average molecular weight is 690 g/mol. The van der Waals surface area contributed by atoms with Crippen LogP contribution in [-0.4, -0.2) is 15.0 Å². The van der Waals surface area contributed by atoms with Crippen molar-refractivity contribution in [2.45, 2.75) is 5.41 Å². The van der Waals surface area contributed by atoms with Crippen molar-refractivity contribution < 1.29 is 4.42 Å². The van der Waals surface area contributed by atoms with Crippen LogP contribution in [0.1, 0.15) is 22.3 Å². The van der Waals surface area contributed by atoms with E-state index in [0.29, 0.717) is 17.5 Å². The first-order chi connectivity index (χ1) is 26.8. The Labute approximate surface area is 312 Å². The molecule has 10 aromatic rings. The number of nitrogens with zero attached hydrogens (tertiary/aromatic N) is 3. The third-order valence-electron chi connectivity index (χ3n) is 11.0. The number of benzene rings is 8. The van der Waals surface area contributed by atoms with Crippen LogP contribution in [0.4, 0.5) is 0 Å². The molecule has 2 heterocycles. The lowest BCUT2D eigenvalue weighted by Crippen LogP contribution is -2.28. The monoisotopic (exact) mass is 689 g/mol. The largest absolute Gasteiger partial charge is 0.455 e. The Kier molecular flexibility index (Phi) is 6.73. The number of aromatic nitrogens is 3. The molecule has 0 N–H and O–H groups in total. The first-order valence-corrected chi connectivity index (χ1v) is 18.3. The lowest BCUT2D eigenvalue weighted by Gasteiger charge is -2.34. The molecule has 8 aromatic carbocycles. The van der Waals surface area contributed by atoms with Gasteiger partial charge in [-0.1, -0.05) is 176 Å². The minimum Gasteiger partial charge on any atom is -0.455 e. The maximum Gasteiger partial charge on any atom is 0.167 e. The second-order valence-corrected chi connectivity index (χ2v) is 13.9. The van der Waals surface area contributed by atoms with Crippen molar-refractivity contribution in [1.29, 1.82) is 0 Å². The van der Waals surface area contributed by atoms with Gasteiger partial charge < -0.3 is 4.42 Å². The maximum absolute atomic E-state index is 6.96. The zero-order valence-corrected chi connectivity index (χ0v) is 29.1. The number of hydrogen-bond acceptors (Lipinski definition) is 4. The van der Waals surface area contributed by atoms with Gasteiger partial charge in [0.2, 0.25) is 0 Å². The first-order valence-electron chi connectivity index (χ1n) is 18.3. The molecule has 1 aliphatic rings. The summed E-state index contributed by atoms with van der Waals surface area (Å²) in [4.78, 5) is 15.5. The van der Waals surface area contributed by atoms with Gasteiger partial charge in [0.15, 0.2) is 17.5 Å². The van der Waals surface area contributed by atoms with Crippen molar-refractivity contribution in [2.24, 2.45) is 0 Å². The van der Waals surface area contributed by atoms with Gasteiger partial charge in [0.05, 0.1) is 11.0 Å². The lowest BCUT2D eigenvalue weighted by atomic mass is 9.67. The number of rotatable bonds is 5. The predicted molar refractivity (Wildman–Crippen MR) is 218 cm³/mol. The Balaban J connectivity index is 1.35. The summed E-state index contributed by atoms with van der Waals surface area (Å²) in [5, 5.41) is 4.53. The quantitative estimate of drug-likeness (QED) is 0.180. The number of furan rings is 1. The molecular formula is C50H31N3O. The highest BCUT2D eigenvalue weighted by Gasteiger charge is 2.48. The summed E-state index contributed by atoms with van der Waals surface area (Å²) < 4.78 is 6.96. The van der Waals surface area contributed by atoms with Crippen molar-refractivity contribution in [3.8, 4) is 45.3 Å². The lowest BCUT2D eigenvalue weighted by molar-refractivity contribution is 0.669. The molecule has 252 valence electrons. The Hall–Kier alpha value is -7.17. The van der Waals surface area contributed by atoms with Gasteiger partial charge in [-0.2, -0.15) is 0 Å². The van der Waals surface area contributed by atoms with E-state index in [1.165, 1.54) is 44.2 Å². The van der Waals surface area contributed by atoms with Gasteiger partial charge in [-0.25, -0.2) is 15.0 Å². The van der Waals surface area contributed by atoms with Crippen LogP contribution in [0.25, 0.3) is 78.0 Å². The van der Waals surface area contributed by atoms with E-state index in [2.05, 4.69) is 121 Å². The molecule has 0 bridgehead atoms. The van der Waals surface area contributed by atoms with Crippen LogP contribution in [0.3, 0.4) is 0 Å². The van der Waals surface area contributed by atoms with Crippen molar-refractivity contribution in [1.82, 2.24) is 15.0 Å². The summed E-state index contributed by atoms with van der Waals surface area (Å²) in [5.74, 6) is 1.78. The zero-order chi connectivity index (χ0) is 35.6. The Morgan fingerprint density at radius 2 is 0.926 bits per heavy atom. The van der Waals surface area contributed by atoms with Crippen molar-refractivity contribution in [2.75, 3.05) is 0 Å². The Bertz CT molecular complexity index is 2930. The molecule has 1 aliphatic carbocycles. The topological polar surface area (TPSA) is 51.8 Å². The van der Waals surface area contributed by atoms with E-state index in [-0.39, 0.29) is 0 Å². The van der Waals surface area contributed by atoms with Gasteiger partial charge in [-0.3, -0.25) is 0 Å². The fraction of sp³-hybridized carbons (Fsp3) is 0.0200. The van der Waals surface area contributed by atoms with Crippen LogP contribution >= 0.6 is 0 Å². The van der Waals surface area contributed by atoms with E-state index in [4.69, 9.17) is 19.4 Å². The van der Waals surface area contributed by atoms with Gasteiger partial charge in [-0.15, -0.1) is 0 Å². The van der Waals surface area contributed by atoms with Gasteiger partial charge in [0.25, 0.3) is 0 Å². The molecule has 54 heavy (non-hydrogen) atoms. The summed E-state index contributed by atoms with van der Waals surface area (Å²) in [6, 6.07) is 66.2. The van der Waals surface area contributed by atoms with E-state index in [9.17, 15) is 0 Å². The SMILES string of the molecule is c1ccc(-c2nc(-c3ccccc3)nc(-c3cc4c(c5c3oc3ccccc35)-c3c(ccc5ccccc35)C4(c3ccccc3)c3ccccc3)n2)cc1. The first kappa shape index (κ1) is 30.5. The molecule has 0 atom stereocenters. The molecule has 0 aliphatic heterocycles. The smallest absolute Gasteiger partial charge is 0.167 e. The normalized spacial score (nSPS) is 13.0. The second kappa shape index (κ2) is 11.9. The van der Waals surface area contributed by atoms with Crippen LogP contribution in [0.5, 0.6) is 0 Å². The van der Waals surface area contributed by atoms with E-state index in [1.54, 1.807) is 0 Å². The minimum absolute atomic E-state index is 0.561. The van der Waals surface area contributed by atoms with E-state index in [1.807, 2.05) is 66.7 Å². The Morgan fingerprint density at radius 1 is 0.407 bits per heavy atom. The highest BCUT2D eigenvalue weighted by atomic mass is 16.3. The van der Waals surface area contributed by atoms with Gasteiger partial charge >= 0.3 is 0 Å². The molecular weight excluding hydrogens is 659 g/mol. The third kappa shape index (κ3) is 4.40. The summed E-state index contributed by atoms with van der Waals surface area (Å²) in [6.07, 6.45) is 0. The Morgan fingerprint density at radius 3 is 1.56 bits per heavy atom. The molecule has 0 amide bonds. The summed E-state index contributed by atoms with van der Waals surface area (Å²) in [7, 11) is 0. The highest BCUT2D eigenvalue weighted by Crippen LogP contribution is 2.61. The molecule has 0 spiro atoms. The third-order valence-corrected chi connectivity index (χ3v) is 11.0. The average Bonchev–Trinajstić information content (AvgIpc) is 3.79. The molecule has 0 unspecified atom stereocenters. The maximum atomic E-state index is 6.96. The van der Waals surface area contributed by atoms with Crippen LogP contribution in [0, 0.1) is 0 Å². The molecule has 0 fully saturated rings. The van der Waals surface area contributed by atoms with E-state index < -0.39 is 5.41 Å². The number of hydrogen-bond donors (Lipinski definition) is 0. The predicted octanol–water partition coefficient (Wildman–Crippen LogP) is 12.3. The summed E-state index contributed by atoms with van der Waals surface area (Å²) >= 11 is 0. The van der Waals surface area contributed by atoms with Gasteiger partial charge in [-0.05, 0) is 56.3 Å². The second-order valence-electron chi connectivity index (χ2n) is 13.9. The molecule has 0 saturated heterocycles. The number of fused-ring (bicyclic) bond motifs is 9. The van der Waals surface area contributed by atoms with Crippen molar-refractivity contribution >= 4 is 32.7 Å². The van der Waals surface area contributed by atoms with E-state index >= 15 is 0 Å². The van der Waals surface area contributed by atoms with Crippen molar-refractivity contribution in [3.63, 3.8) is 0 Å². The zero-order valence-electron chi connectivity index (χ0n) is 29.1. The van der Waals surface area contributed by atoms with Gasteiger partial charge in [0.1, 0.15) is 11.2 Å². The van der Waals surface area contributed by atoms with Gasteiger partial charge in [0, 0.05) is 21.9 Å². The molecule has 4 nitrogen and oxygen atoms in total. The van der Waals surface area contributed by atoms with Crippen LogP contribution in [0.2, 0.25) is 0 Å². The van der Waals surface area contributed by atoms with Crippen LogP contribution < -0.4 is 0 Å². The molecule has 0 saturated carbocycles. The summed E-state index contributed by atoms with van der Waals surface area (Å²) in [6.45, 7) is 0. The minimum atomic E-state index is -0.657. The van der Waals surface area contributed by atoms with E-state index in [0.717, 1.165) is 38.6 Å². The highest BCUT2D eigenvalue weighted by molar-refractivity contribution is 6.21. The number of para-hydroxylation sites is 1. The molecule has 4 heteroatoms. The molecule has 2 aromatic heterocycles. The van der Waals surface area contributed by atoms with Crippen LogP contribution in [0.15, 0.2) is 192 Å². The summed E-state index contributed by atoms with van der Waals surface area (Å²) in [5.41, 5.74) is 10.8. The molecule has 0 radical (unpaired) electrons.